The Morgan fingerprint density at radius 2 is 2.46 bits per heavy atom. The highest BCUT2D eigenvalue weighted by atomic mass is 79.9. The van der Waals surface area contributed by atoms with E-state index < -0.39 is 0 Å². The van der Waals surface area contributed by atoms with Gasteiger partial charge in [0.2, 0.25) is 5.78 Å². The minimum Gasteiger partial charge on any atom is -0.460 e. The first-order valence-electron chi connectivity index (χ1n) is 4.18. The first-order chi connectivity index (χ1) is 6.20. The lowest BCUT2D eigenvalue weighted by Gasteiger charge is -2.08. The summed E-state index contributed by atoms with van der Waals surface area (Å²) in [5, 5.41) is 0. The Bertz CT molecular complexity index is 292. The number of carbonyl (C=O) groups excluding carboxylic acids is 1. The molecular formula is C9H12BrNO2. The fourth-order valence-corrected chi connectivity index (χ4v) is 1.51. The van der Waals surface area contributed by atoms with Crippen LogP contribution in [0.2, 0.25) is 0 Å². The molecule has 72 valence electrons. The Morgan fingerprint density at radius 3 is 2.85 bits per heavy atom. The number of furan rings is 1. The van der Waals surface area contributed by atoms with Crippen LogP contribution in [-0.2, 0) is 0 Å². The number of halogens is 1. The Balaban J connectivity index is 2.84. The zero-order valence-corrected chi connectivity index (χ0v) is 9.00. The molecule has 1 unspecified atom stereocenters. The standard InChI is InChI=1S/C9H12BrNO2/c1-2-6(5-11)8(12)9-7(10)3-4-13-9/h3-4,6H,2,5,11H2,1H3. The maximum Gasteiger partial charge on any atom is 0.203 e. The van der Waals surface area contributed by atoms with Crippen LogP contribution in [0.5, 0.6) is 0 Å². The van der Waals surface area contributed by atoms with Crippen LogP contribution >= 0.6 is 15.9 Å². The smallest absolute Gasteiger partial charge is 0.203 e. The van der Waals surface area contributed by atoms with Crippen molar-refractivity contribution in [1.29, 1.82) is 0 Å². The van der Waals surface area contributed by atoms with Crippen LogP contribution < -0.4 is 5.73 Å². The molecule has 0 aliphatic carbocycles. The maximum absolute atomic E-state index is 11.7. The van der Waals surface area contributed by atoms with Crippen LogP contribution in [0.4, 0.5) is 0 Å². The Hall–Kier alpha value is -0.610. The maximum atomic E-state index is 11.7. The lowest BCUT2D eigenvalue weighted by molar-refractivity contribution is 0.0892. The summed E-state index contributed by atoms with van der Waals surface area (Å²) >= 11 is 3.24. The van der Waals surface area contributed by atoms with E-state index in [1.54, 1.807) is 6.07 Å². The summed E-state index contributed by atoms with van der Waals surface area (Å²) in [7, 11) is 0. The van der Waals surface area contributed by atoms with E-state index in [1.165, 1.54) is 6.26 Å². The van der Waals surface area contributed by atoms with Crippen molar-refractivity contribution >= 4 is 21.7 Å². The monoisotopic (exact) mass is 245 g/mol. The largest absolute Gasteiger partial charge is 0.460 e. The summed E-state index contributed by atoms with van der Waals surface area (Å²) in [6.45, 7) is 2.30. The third-order valence-electron chi connectivity index (χ3n) is 1.99. The number of rotatable bonds is 4. The van der Waals surface area contributed by atoms with Gasteiger partial charge in [0.05, 0.1) is 10.7 Å². The van der Waals surface area contributed by atoms with Gasteiger partial charge in [-0.05, 0) is 28.4 Å². The predicted octanol–water partition coefficient (Wildman–Crippen LogP) is 2.21. The van der Waals surface area contributed by atoms with Gasteiger partial charge in [-0.2, -0.15) is 0 Å². The normalized spacial score (nSPS) is 12.8. The van der Waals surface area contributed by atoms with E-state index in [-0.39, 0.29) is 11.7 Å². The summed E-state index contributed by atoms with van der Waals surface area (Å²) in [5.74, 6) is 0.210. The van der Waals surface area contributed by atoms with Crippen LogP contribution in [0.25, 0.3) is 0 Å². The van der Waals surface area contributed by atoms with Crippen molar-refractivity contribution in [3.8, 4) is 0 Å². The molecule has 2 N–H and O–H groups in total. The fraction of sp³-hybridized carbons (Fsp3) is 0.444. The van der Waals surface area contributed by atoms with E-state index in [0.717, 1.165) is 6.42 Å². The van der Waals surface area contributed by atoms with Crippen LogP contribution in [0.15, 0.2) is 21.2 Å². The molecular weight excluding hydrogens is 234 g/mol. The number of carbonyl (C=O) groups is 1. The van der Waals surface area contributed by atoms with Crippen molar-refractivity contribution < 1.29 is 9.21 Å². The summed E-state index contributed by atoms with van der Waals surface area (Å²) in [6.07, 6.45) is 2.23. The van der Waals surface area contributed by atoms with Gasteiger partial charge in [-0.1, -0.05) is 6.92 Å². The minimum atomic E-state index is -0.137. The first kappa shape index (κ1) is 10.5. The molecule has 1 aromatic rings. The molecule has 0 aliphatic heterocycles. The van der Waals surface area contributed by atoms with Crippen LogP contribution in [-0.4, -0.2) is 12.3 Å². The zero-order chi connectivity index (χ0) is 9.84. The second kappa shape index (κ2) is 4.58. The van der Waals surface area contributed by atoms with Gasteiger partial charge in [-0.3, -0.25) is 4.79 Å². The third kappa shape index (κ3) is 2.19. The predicted molar refractivity (Wildman–Crippen MR) is 53.6 cm³/mol. The molecule has 0 saturated heterocycles. The lowest BCUT2D eigenvalue weighted by atomic mass is 10.00. The molecule has 1 atom stereocenters. The highest BCUT2D eigenvalue weighted by Gasteiger charge is 2.21. The zero-order valence-electron chi connectivity index (χ0n) is 7.42. The summed E-state index contributed by atoms with van der Waals surface area (Å²) < 4.78 is 5.76. The number of hydrogen-bond acceptors (Lipinski definition) is 3. The van der Waals surface area contributed by atoms with E-state index in [4.69, 9.17) is 10.2 Å². The molecule has 0 aliphatic rings. The van der Waals surface area contributed by atoms with Crippen molar-refractivity contribution in [2.24, 2.45) is 11.7 Å². The Labute approximate surface area is 85.4 Å². The Morgan fingerprint density at radius 1 is 1.77 bits per heavy atom. The molecule has 3 nitrogen and oxygen atoms in total. The molecule has 0 aromatic carbocycles. The van der Waals surface area contributed by atoms with Crippen LogP contribution in [0, 0.1) is 5.92 Å². The summed E-state index contributed by atoms with van der Waals surface area (Å²) in [4.78, 5) is 11.7. The van der Waals surface area contributed by atoms with Crippen LogP contribution in [0.3, 0.4) is 0 Å². The van der Waals surface area contributed by atoms with Crippen molar-refractivity contribution in [3.05, 3.63) is 22.6 Å². The second-order valence-corrected chi connectivity index (χ2v) is 3.66. The van der Waals surface area contributed by atoms with Gasteiger partial charge in [0.1, 0.15) is 0 Å². The molecule has 0 fully saturated rings. The quantitative estimate of drug-likeness (QED) is 0.828. The third-order valence-corrected chi connectivity index (χ3v) is 2.61. The van der Waals surface area contributed by atoms with Gasteiger partial charge in [-0.25, -0.2) is 0 Å². The molecule has 4 heteroatoms. The minimum absolute atomic E-state index is 0.0260. The van der Waals surface area contributed by atoms with Crippen molar-refractivity contribution in [3.63, 3.8) is 0 Å². The number of Topliss-reactive ketones (excluding diaryl/α,β-unsaturated/α-hetero) is 1. The summed E-state index contributed by atoms with van der Waals surface area (Å²) in [5.41, 5.74) is 5.46. The van der Waals surface area contributed by atoms with Crippen molar-refractivity contribution in [1.82, 2.24) is 0 Å². The molecule has 0 amide bonds. The molecule has 1 rings (SSSR count). The van der Waals surface area contributed by atoms with Gasteiger partial charge in [0.25, 0.3) is 0 Å². The van der Waals surface area contributed by atoms with Crippen LogP contribution in [0.1, 0.15) is 23.9 Å². The number of ketones is 1. The highest BCUT2D eigenvalue weighted by molar-refractivity contribution is 9.10. The van der Waals surface area contributed by atoms with Gasteiger partial charge in [-0.15, -0.1) is 0 Å². The van der Waals surface area contributed by atoms with E-state index in [0.29, 0.717) is 16.8 Å². The molecule has 0 saturated carbocycles. The molecule has 0 radical (unpaired) electrons. The van der Waals surface area contributed by atoms with Crippen molar-refractivity contribution in [2.75, 3.05) is 6.54 Å². The van der Waals surface area contributed by atoms with Gasteiger partial charge in [0, 0.05) is 12.5 Å². The first-order valence-corrected chi connectivity index (χ1v) is 4.97. The highest BCUT2D eigenvalue weighted by Crippen LogP contribution is 2.21. The van der Waals surface area contributed by atoms with Crippen molar-refractivity contribution in [2.45, 2.75) is 13.3 Å². The topological polar surface area (TPSA) is 56.2 Å². The molecule has 0 bridgehead atoms. The average molecular weight is 246 g/mol. The Kier molecular flexibility index (Phi) is 3.69. The SMILES string of the molecule is CCC(CN)C(=O)c1occc1Br. The number of nitrogens with two attached hydrogens (primary N) is 1. The van der Waals surface area contributed by atoms with Gasteiger partial charge in [0.15, 0.2) is 5.76 Å². The van der Waals surface area contributed by atoms with E-state index in [2.05, 4.69) is 15.9 Å². The lowest BCUT2D eigenvalue weighted by Crippen LogP contribution is -2.22. The second-order valence-electron chi connectivity index (χ2n) is 2.80. The number of hydrogen-bond donors (Lipinski definition) is 1. The van der Waals surface area contributed by atoms with Gasteiger partial charge < -0.3 is 10.2 Å². The fourth-order valence-electron chi connectivity index (χ4n) is 1.11. The van der Waals surface area contributed by atoms with E-state index in [1.807, 2.05) is 6.92 Å². The molecule has 0 spiro atoms. The van der Waals surface area contributed by atoms with E-state index >= 15 is 0 Å². The summed E-state index contributed by atoms with van der Waals surface area (Å²) in [6, 6.07) is 1.70. The molecule has 1 heterocycles. The molecule has 1 aromatic heterocycles. The average Bonchev–Trinajstić information content (AvgIpc) is 2.53. The van der Waals surface area contributed by atoms with E-state index in [9.17, 15) is 4.79 Å². The van der Waals surface area contributed by atoms with Gasteiger partial charge >= 0.3 is 0 Å². The molecule has 13 heavy (non-hydrogen) atoms.